The number of rotatable bonds is 6. The van der Waals surface area contributed by atoms with E-state index in [1.54, 1.807) is 17.3 Å². The van der Waals surface area contributed by atoms with Crippen molar-refractivity contribution in [1.82, 2.24) is 20.2 Å². The Kier molecular flexibility index (Phi) is 3.95. The van der Waals surface area contributed by atoms with Crippen molar-refractivity contribution in [3.63, 3.8) is 0 Å². The van der Waals surface area contributed by atoms with Gasteiger partial charge in [0.1, 0.15) is 12.1 Å². The number of aryl methyl sites for hydroxylation is 1. The molecule has 2 heterocycles. The molecular weight excluding hydrogens is 266 g/mol. The van der Waals surface area contributed by atoms with Crippen LogP contribution in [0.25, 0.3) is 5.69 Å². The number of anilines is 1. The van der Waals surface area contributed by atoms with Crippen LogP contribution in [0.15, 0.2) is 53.4 Å². The highest BCUT2D eigenvalue weighted by atomic mass is 16.3. The largest absolute Gasteiger partial charge is 0.469 e. The summed E-state index contributed by atoms with van der Waals surface area (Å²) in [6, 6.07) is 12.2. The Morgan fingerprint density at radius 2 is 2.14 bits per heavy atom. The van der Waals surface area contributed by atoms with Gasteiger partial charge in [0.15, 0.2) is 0 Å². The molecule has 1 N–H and O–H groups in total. The van der Waals surface area contributed by atoms with E-state index in [-0.39, 0.29) is 0 Å². The van der Waals surface area contributed by atoms with Crippen LogP contribution >= 0.6 is 0 Å². The summed E-state index contributed by atoms with van der Waals surface area (Å²) in [6.07, 6.45) is 5.19. The lowest BCUT2D eigenvalue weighted by molar-refractivity contribution is 0.495. The van der Waals surface area contributed by atoms with Crippen LogP contribution in [0.2, 0.25) is 0 Å². The Bertz CT molecular complexity index is 663. The third kappa shape index (κ3) is 3.28. The van der Waals surface area contributed by atoms with Gasteiger partial charge in [-0.1, -0.05) is 12.1 Å². The van der Waals surface area contributed by atoms with Crippen LogP contribution in [0, 0.1) is 0 Å². The molecule has 0 radical (unpaired) electrons. The average Bonchev–Trinajstić information content (AvgIpc) is 3.19. The molecule has 108 valence electrons. The van der Waals surface area contributed by atoms with Gasteiger partial charge in [0.25, 0.3) is 0 Å². The molecule has 0 aliphatic rings. The minimum atomic E-state index is 0.313. The average molecular weight is 283 g/mol. The van der Waals surface area contributed by atoms with E-state index in [9.17, 15) is 0 Å². The Labute approximate surface area is 122 Å². The summed E-state index contributed by atoms with van der Waals surface area (Å²) < 4.78 is 7.01. The fourth-order valence-corrected chi connectivity index (χ4v) is 2.22. The van der Waals surface area contributed by atoms with E-state index in [2.05, 4.69) is 27.8 Å². The second-order valence-electron chi connectivity index (χ2n) is 4.93. The lowest BCUT2D eigenvalue weighted by atomic mass is 10.1. The summed E-state index contributed by atoms with van der Waals surface area (Å²) in [5.74, 6) is 1.01. The molecule has 21 heavy (non-hydrogen) atoms. The maximum Gasteiger partial charge on any atom is 0.143 e. The van der Waals surface area contributed by atoms with Crippen molar-refractivity contribution in [2.24, 2.45) is 0 Å². The molecule has 0 bridgehead atoms. The zero-order chi connectivity index (χ0) is 14.5. The van der Waals surface area contributed by atoms with Gasteiger partial charge < -0.3 is 9.73 Å². The molecule has 1 atom stereocenters. The van der Waals surface area contributed by atoms with Gasteiger partial charge >= 0.3 is 0 Å². The van der Waals surface area contributed by atoms with Gasteiger partial charge in [-0.3, -0.25) is 0 Å². The number of furan rings is 1. The smallest absolute Gasteiger partial charge is 0.143 e. The fourth-order valence-electron chi connectivity index (χ4n) is 2.22. The van der Waals surface area contributed by atoms with Gasteiger partial charge in [-0.2, -0.15) is 4.68 Å². The van der Waals surface area contributed by atoms with Crippen LogP contribution in [-0.4, -0.2) is 26.2 Å². The Morgan fingerprint density at radius 1 is 1.24 bits per heavy atom. The predicted octanol–water partition coefficient (Wildman–Crippen LogP) is 2.69. The molecule has 6 nitrogen and oxygen atoms in total. The molecule has 3 aromatic rings. The van der Waals surface area contributed by atoms with E-state index < -0.39 is 0 Å². The predicted molar refractivity (Wildman–Crippen MR) is 79.3 cm³/mol. The van der Waals surface area contributed by atoms with Crippen molar-refractivity contribution in [1.29, 1.82) is 0 Å². The SMILES string of the molecule is CC(CCc1ccco1)Nc1ccccc1-n1cnnn1. The zero-order valence-electron chi connectivity index (χ0n) is 11.8. The molecule has 0 saturated heterocycles. The van der Waals surface area contributed by atoms with Gasteiger partial charge in [0.2, 0.25) is 0 Å². The summed E-state index contributed by atoms with van der Waals surface area (Å²) >= 11 is 0. The molecule has 0 fully saturated rings. The van der Waals surface area contributed by atoms with Gasteiger partial charge in [0, 0.05) is 12.5 Å². The number of nitrogens with one attached hydrogen (secondary N) is 1. The highest BCUT2D eigenvalue weighted by Gasteiger charge is 2.09. The third-order valence-electron chi connectivity index (χ3n) is 3.31. The maximum absolute atomic E-state index is 5.36. The molecule has 6 heteroatoms. The first kappa shape index (κ1) is 13.4. The Balaban J connectivity index is 1.67. The van der Waals surface area contributed by atoms with Gasteiger partial charge in [0.05, 0.1) is 17.6 Å². The topological polar surface area (TPSA) is 68.8 Å². The summed E-state index contributed by atoms with van der Waals surface area (Å²) in [5, 5.41) is 14.8. The van der Waals surface area contributed by atoms with Crippen LogP contribution in [0.4, 0.5) is 5.69 Å². The number of hydrogen-bond acceptors (Lipinski definition) is 5. The first-order valence-corrected chi connectivity index (χ1v) is 6.94. The summed E-state index contributed by atoms with van der Waals surface area (Å²) in [4.78, 5) is 0. The first-order chi connectivity index (χ1) is 10.3. The summed E-state index contributed by atoms with van der Waals surface area (Å²) in [6.45, 7) is 2.15. The monoisotopic (exact) mass is 283 g/mol. The Hall–Kier alpha value is -2.63. The van der Waals surface area contributed by atoms with Crippen molar-refractivity contribution in [3.05, 3.63) is 54.7 Å². The second kappa shape index (κ2) is 6.21. The number of tetrazole rings is 1. The number of hydrogen-bond donors (Lipinski definition) is 1. The molecule has 2 aromatic heterocycles. The molecule has 0 amide bonds. The molecule has 1 aromatic carbocycles. The van der Waals surface area contributed by atoms with E-state index in [4.69, 9.17) is 4.42 Å². The van der Waals surface area contributed by atoms with E-state index >= 15 is 0 Å². The summed E-state index contributed by atoms with van der Waals surface area (Å²) in [5.41, 5.74) is 1.95. The van der Waals surface area contributed by atoms with Gasteiger partial charge in [-0.05, 0) is 48.0 Å². The van der Waals surface area contributed by atoms with Gasteiger partial charge in [-0.25, -0.2) is 0 Å². The van der Waals surface area contributed by atoms with Crippen molar-refractivity contribution in [2.45, 2.75) is 25.8 Å². The normalized spacial score (nSPS) is 12.2. The molecule has 0 aliphatic carbocycles. The maximum atomic E-state index is 5.36. The van der Waals surface area contributed by atoms with Crippen LogP contribution in [-0.2, 0) is 6.42 Å². The molecule has 3 rings (SSSR count). The van der Waals surface area contributed by atoms with Crippen molar-refractivity contribution in [3.8, 4) is 5.69 Å². The number of nitrogens with zero attached hydrogens (tertiary/aromatic N) is 4. The molecule has 0 aliphatic heterocycles. The highest BCUT2D eigenvalue weighted by Crippen LogP contribution is 2.20. The van der Waals surface area contributed by atoms with Crippen LogP contribution in [0.5, 0.6) is 0 Å². The van der Waals surface area contributed by atoms with Crippen LogP contribution < -0.4 is 5.32 Å². The highest BCUT2D eigenvalue weighted by molar-refractivity contribution is 5.60. The Morgan fingerprint density at radius 3 is 2.90 bits per heavy atom. The van der Waals surface area contributed by atoms with Gasteiger partial charge in [-0.15, -0.1) is 5.10 Å². The van der Waals surface area contributed by atoms with Crippen molar-refractivity contribution < 1.29 is 4.42 Å². The second-order valence-corrected chi connectivity index (χ2v) is 4.93. The lowest BCUT2D eigenvalue weighted by Crippen LogP contribution is -2.17. The quantitative estimate of drug-likeness (QED) is 0.753. The van der Waals surface area contributed by atoms with Crippen molar-refractivity contribution >= 4 is 5.69 Å². The molecule has 1 unspecified atom stereocenters. The lowest BCUT2D eigenvalue weighted by Gasteiger charge is -2.17. The number of aromatic nitrogens is 4. The summed E-state index contributed by atoms with van der Waals surface area (Å²) in [7, 11) is 0. The first-order valence-electron chi connectivity index (χ1n) is 6.94. The zero-order valence-corrected chi connectivity index (χ0v) is 11.8. The van der Waals surface area contributed by atoms with E-state index in [0.29, 0.717) is 6.04 Å². The fraction of sp³-hybridized carbons (Fsp3) is 0.267. The standard InChI is InChI=1S/C15H17N5O/c1-12(8-9-13-5-4-10-21-13)17-14-6-2-3-7-15(14)20-11-16-18-19-20/h2-7,10-12,17H,8-9H2,1H3. The van der Waals surface area contributed by atoms with E-state index in [1.807, 2.05) is 36.4 Å². The minimum absolute atomic E-state index is 0.313. The molecule has 0 spiro atoms. The minimum Gasteiger partial charge on any atom is -0.469 e. The number of benzene rings is 1. The molecular formula is C15H17N5O. The van der Waals surface area contributed by atoms with E-state index in [1.165, 1.54) is 0 Å². The van der Waals surface area contributed by atoms with E-state index in [0.717, 1.165) is 30.0 Å². The third-order valence-corrected chi connectivity index (χ3v) is 3.31. The van der Waals surface area contributed by atoms with Crippen LogP contribution in [0.3, 0.4) is 0 Å². The molecule has 0 saturated carbocycles. The number of para-hydroxylation sites is 2. The van der Waals surface area contributed by atoms with Crippen LogP contribution in [0.1, 0.15) is 19.1 Å². The van der Waals surface area contributed by atoms with Crippen molar-refractivity contribution in [2.75, 3.05) is 5.32 Å².